The van der Waals surface area contributed by atoms with E-state index in [1.165, 1.54) is 6.33 Å². The number of aromatic nitrogens is 6. The fraction of sp³-hybridized carbons (Fsp3) is 0.0870. The molecule has 0 aliphatic carbocycles. The maximum absolute atomic E-state index is 12.9. The summed E-state index contributed by atoms with van der Waals surface area (Å²) in [6.07, 6.45) is 3.47. The molecule has 5 rings (SSSR count). The van der Waals surface area contributed by atoms with Crippen LogP contribution >= 0.6 is 0 Å². The normalized spacial score (nSPS) is 12.0. The van der Waals surface area contributed by atoms with Crippen LogP contribution in [0.1, 0.15) is 22.7 Å². The van der Waals surface area contributed by atoms with Gasteiger partial charge in [0, 0.05) is 0 Å². The largest absolute Gasteiger partial charge is 0.345 e. The van der Waals surface area contributed by atoms with Gasteiger partial charge in [-0.05, 0) is 51.4 Å². The van der Waals surface area contributed by atoms with Crippen LogP contribution in [0.4, 0.5) is 0 Å². The Morgan fingerprint density at radius 1 is 1.00 bits per heavy atom. The maximum atomic E-state index is 12.9. The molecular weight excluding hydrogens is 390 g/mol. The highest BCUT2D eigenvalue weighted by Gasteiger charge is 2.18. The van der Waals surface area contributed by atoms with Crippen molar-refractivity contribution in [2.24, 2.45) is 0 Å². The van der Waals surface area contributed by atoms with Gasteiger partial charge in [0.15, 0.2) is 0 Å². The van der Waals surface area contributed by atoms with Crippen molar-refractivity contribution in [2.45, 2.75) is 12.5 Å². The van der Waals surface area contributed by atoms with Crippen molar-refractivity contribution < 1.29 is 4.79 Å². The van der Waals surface area contributed by atoms with Crippen molar-refractivity contribution in [3.63, 3.8) is 0 Å². The van der Waals surface area contributed by atoms with Gasteiger partial charge in [-0.15, -0.1) is 5.10 Å². The highest BCUT2D eigenvalue weighted by Crippen LogP contribution is 2.25. The van der Waals surface area contributed by atoms with Gasteiger partial charge < -0.3 is 10.3 Å². The van der Waals surface area contributed by atoms with Gasteiger partial charge in [0.1, 0.15) is 6.33 Å². The van der Waals surface area contributed by atoms with Crippen LogP contribution in [0, 0.1) is 0 Å². The van der Waals surface area contributed by atoms with Crippen LogP contribution in [-0.2, 0) is 11.2 Å². The molecule has 0 spiro atoms. The Kier molecular flexibility index (Phi) is 4.94. The summed E-state index contributed by atoms with van der Waals surface area (Å²) < 4.78 is 1.57. The molecule has 3 aromatic carbocycles. The number of nitrogens with one attached hydrogen (secondary N) is 2. The van der Waals surface area contributed by atoms with Gasteiger partial charge in [0.25, 0.3) is 0 Å². The number of rotatable bonds is 6. The standard InChI is InChI=1S/C23H19N7O/c31-22(12-16-6-9-19(10-7-16)30-15-26-28-29-30)27-23(17-4-2-1-3-5-17)18-8-11-20-21(13-18)25-14-24-20/h1-11,13-15,23H,12H2,(H,24,25)(H,27,31). The van der Waals surface area contributed by atoms with Crippen molar-refractivity contribution in [2.75, 3.05) is 0 Å². The molecule has 8 nitrogen and oxygen atoms in total. The van der Waals surface area contributed by atoms with Crippen LogP contribution in [0.15, 0.2) is 85.5 Å². The lowest BCUT2D eigenvalue weighted by Crippen LogP contribution is -2.30. The number of tetrazole rings is 1. The van der Waals surface area contributed by atoms with Crippen LogP contribution in [-0.4, -0.2) is 36.1 Å². The average Bonchev–Trinajstić information content (AvgIpc) is 3.50. The highest BCUT2D eigenvalue weighted by atomic mass is 16.1. The number of H-pyrrole nitrogens is 1. The molecule has 0 aliphatic rings. The van der Waals surface area contributed by atoms with Crippen molar-refractivity contribution in [3.05, 3.63) is 102 Å². The van der Waals surface area contributed by atoms with Crippen LogP contribution in [0.3, 0.4) is 0 Å². The van der Waals surface area contributed by atoms with Crippen molar-refractivity contribution in [1.82, 2.24) is 35.5 Å². The van der Waals surface area contributed by atoms with Crippen LogP contribution < -0.4 is 5.32 Å². The second kappa shape index (κ2) is 8.19. The zero-order valence-electron chi connectivity index (χ0n) is 16.5. The maximum Gasteiger partial charge on any atom is 0.225 e. The molecular formula is C23H19N7O. The minimum absolute atomic E-state index is 0.0614. The lowest BCUT2D eigenvalue weighted by Gasteiger charge is -2.20. The number of carbonyl (C=O) groups is 1. The van der Waals surface area contributed by atoms with E-state index >= 15 is 0 Å². The third kappa shape index (κ3) is 4.04. The van der Waals surface area contributed by atoms with E-state index in [2.05, 4.69) is 30.8 Å². The molecule has 2 N–H and O–H groups in total. The molecule has 0 fully saturated rings. The highest BCUT2D eigenvalue weighted by molar-refractivity contribution is 5.80. The van der Waals surface area contributed by atoms with E-state index in [1.807, 2.05) is 72.8 Å². The SMILES string of the molecule is O=C(Cc1ccc(-n2cnnn2)cc1)NC(c1ccccc1)c1ccc2nc[nH]c2c1. The van der Waals surface area contributed by atoms with Gasteiger partial charge in [-0.2, -0.15) is 0 Å². The Morgan fingerprint density at radius 2 is 1.84 bits per heavy atom. The number of benzene rings is 3. The molecule has 5 aromatic rings. The lowest BCUT2D eigenvalue weighted by atomic mass is 9.97. The number of fused-ring (bicyclic) bond motifs is 1. The zero-order valence-corrected chi connectivity index (χ0v) is 16.5. The summed E-state index contributed by atoms with van der Waals surface area (Å²) in [4.78, 5) is 20.3. The number of hydrogen-bond acceptors (Lipinski definition) is 5. The summed E-state index contributed by atoms with van der Waals surface area (Å²) in [5.41, 5.74) is 5.58. The first kappa shape index (κ1) is 18.7. The number of amides is 1. The molecule has 0 saturated carbocycles. The Hall–Kier alpha value is -4.33. The first-order chi connectivity index (χ1) is 15.3. The third-order valence-corrected chi connectivity index (χ3v) is 5.13. The average molecular weight is 409 g/mol. The predicted molar refractivity (Wildman–Crippen MR) is 115 cm³/mol. The molecule has 0 aliphatic heterocycles. The molecule has 152 valence electrons. The van der Waals surface area contributed by atoms with E-state index in [-0.39, 0.29) is 18.4 Å². The monoisotopic (exact) mass is 409 g/mol. The minimum Gasteiger partial charge on any atom is -0.345 e. The fourth-order valence-corrected chi connectivity index (χ4v) is 3.58. The van der Waals surface area contributed by atoms with E-state index < -0.39 is 0 Å². The summed E-state index contributed by atoms with van der Waals surface area (Å²) in [6.45, 7) is 0. The molecule has 1 amide bonds. The smallest absolute Gasteiger partial charge is 0.225 e. The summed E-state index contributed by atoms with van der Waals surface area (Å²) >= 11 is 0. The summed E-state index contributed by atoms with van der Waals surface area (Å²) in [7, 11) is 0. The number of nitrogens with zero attached hydrogens (tertiary/aromatic N) is 5. The summed E-state index contributed by atoms with van der Waals surface area (Å²) in [5, 5.41) is 14.3. The Balaban J connectivity index is 1.37. The summed E-state index contributed by atoms with van der Waals surface area (Å²) in [5.74, 6) is -0.0614. The molecule has 0 saturated heterocycles. The second-order valence-electron chi connectivity index (χ2n) is 7.19. The first-order valence-corrected chi connectivity index (χ1v) is 9.86. The van der Waals surface area contributed by atoms with Gasteiger partial charge in [0.2, 0.25) is 5.91 Å². The second-order valence-corrected chi connectivity index (χ2v) is 7.19. The zero-order chi connectivity index (χ0) is 21.0. The quantitative estimate of drug-likeness (QED) is 0.449. The van der Waals surface area contributed by atoms with Gasteiger partial charge in [-0.25, -0.2) is 9.67 Å². The molecule has 8 heteroatoms. The molecule has 2 aromatic heterocycles. The molecule has 1 atom stereocenters. The van der Waals surface area contributed by atoms with Gasteiger partial charge in [0.05, 0.1) is 35.5 Å². The lowest BCUT2D eigenvalue weighted by molar-refractivity contribution is -0.120. The van der Waals surface area contributed by atoms with Gasteiger partial charge >= 0.3 is 0 Å². The van der Waals surface area contributed by atoms with E-state index in [1.54, 1.807) is 11.0 Å². The van der Waals surface area contributed by atoms with Crippen molar-refractivity contribution >= 4 is 16.9 Å². The number of aromatic amines is 1. The van der Waals surface area contributed by atoms with Crippen molar-refractivity contribution in [3.8, 4) is 5.69 Å². The van der Waals surface area contributed by atoms with E-state index in [4.69, 9.17) is 0 Å². The van der Waals surface area contributed by atoms with Crippen molar-refractivity contribution in [1.29, 1.82) is 0 Å². The molecule has 2 heterocycles. The fourth-order valence-electron chi connectivity index (χ4n) is 3.58. The Labute approximate surface area is 178 Å². The molecule has 1 unspecified atom stereocenters. The topological polar surface area (TPSA) is 101 Å². The van der Waals surface area contributed by atoms with E-state index in [9.17, 15) is 4.79 Å². The van der Waals surface area contributed by atoms with Crippen LogP contribution in [0.25, 0.3) is 16.7 Å². The van der Waals surface area contributed by atoms with Crippen LogP contribution in [0.5, 0.6) is 0 Å². The number of carbonyl (C=O) groups excluding carboxylic acids is 1. The Bertz CT molecular complexity index is 1300. The first-order valence-electron chi connectivity index (χ1n) is 9.86. The number of hydrogen-bond donors (Lipinski definition) is 2. The summed E-state index contributed by atoms with van der Waals surface area (Å²) in [6, 6.07) is 23.3. The number of imidazole rings is 1. The molecule has 31 heavy (non-hydrogen) atoms. The minimum atomic E-state index is -0.262. The van der Waals surface area contributed by atoms with Gasteiger partial charge in [-0.3, -0.25) is 4.79 Å². The third-order valence-electron chi connectivity index (χ3n) is 5.13. The van der Waals surface area contributed by atoms with E-state index in [0.29, 0.717) is 0 Å². The van der Waals surface area contributed by atoms with Crippen LogP contribution in [0.2, 0.25) is 0 Å². The Morgan fingerprint density at radius 3 is 2.61 bits per heavy atom. The molecule has 0 radical (unpaired) electrons. The predicted octanol–water partition coefficient (Wildman–Crippen LogP) is 2.99. The van der Waals surface area contributed by atoms with E-state index in [0.717, 1.165) is 33.4 Å². The van der Waals surface area contributed by atoms with Gasteiger partial charge in [-0.1, -0.05) is 48.5 Å². The molecule has 0 bridgehead atoms.